The van der Waals surface area contributed by atoms with E-state index in [-0.39, 0.29) is 15.4 Å². The van der Waals surface area contributed by atoms with Crippen molar-refractivity contribution in [2.45, 2.75) is 23.8 Å². The number of nitrogens with zero attached hydrogens (tertiary/aromatic N) is 2. The van der Waals surface area contributed by atoms with E-state index >= 15 is 0 Å². The molecule has 0 radical (unpaired) electrons. The van der Waals surface area contributed by atoms with Crippen molar-refractivity contribution in [2.75, 3.05) is 27.2 Å². The number of hydrogen-bond acceptors (Lipinski definition) is 3. The Hall–Kier alpha value is -0.500. The van der Waals surface area contributed by atoms with E-state index in [2.05, 4.69) is 15.9 Å². The lowest BCUT2D eigenvalue weighted by Gasteiger charge is -2.35. The van der Waals surface area contributed by atoms with Crippen molar-refractivity contribution < 1.29 is 12.8 Å². The molecule has 0 aromatic heterocycles. The third kappa shape index (κ3) is 3.21. The molecular formula is C13H18BrFN2O2S. The number of hydrogen-bond donors (Lipinski definition) is 0. The highest BCUT2D eigenvalue weighted by molar-refractivity contribution is 9.10. The Morgan fingerprint density at radius 1 is 1.40 bits per heavy atom. The first kappa shape index (κ1) is 15.9. The number of sulfonamides is 1. The van der Waals surface area contributed by atoms with Crippen molar-refractivity contribution in [3.63, 3.8) is 0 Å². The van der Waals surface area contributed by atoms with E-state index in [9.17, 15) is 12.8 Å². The Labute approximate surface area is 127 Å². The molecule has 1 saturated heterocycles. The van der Waals surface area contributed by atoms with Gasteiger partial charge in [-0.15, -0.1) is 0 Å². The zero-order chi connectivity index (χ0) is 14.9. The summed E-state index contributed by atoms with van der Waals surface area (Å²) >= 11 is 3.14. The van der Waals surface area contributed by atoms with E-state index in [1.807, 2.05) is 19.0 Å². The lowest BCUT2D eigenvalue weighted by molar-refractivity contribution is 0.190. The molecule has 0 bridgehead atoms. The van der Waals surface area contributed by atoms with Crippen LogP contribution >= 0.6 is 15.9 Å². The van der Waals surface area contributed by atoms with Crippen LogP contribution in [0.25, 0.3) is 0 Å². The summed E-state index contributed by atoms with van der Waals surface area (Å²) in [5.41, 5.74) is 0. The van der Waals surface area contributed by atoms with Crippen molar-refractivity contribution in [2.24, 2.45) is 0 Å². The van der Waals surface area contributed by atoms with Crippen molar-refractivity contribution in [3.05, 3.63) is 28.5 Å². The molecule has 0 saturated carbocycles. The van der Waals surface area contributed by atoms with Crippen LogP contribution in [0.4, 0.5) is 4.39 Å². The van der Waals surface area contributed by atoms with E-state index in [4.69, 9.17) is 0 Å². The molecule has 1 heterocycles. The molecule has 1 aromatic rings. The molecule has 112 valence electrons. The zero-order valence-corrected chi connectivity index (χ0v) is 13.9. The fourth-order valence-electron chi connectivity index (χ4n) is 2.38. The maximum absolute atomic E-state index is 13.1. The van der Waals surface area contributed by atoms with Crippen LogP contribution in [0.5, 0.6) is 0 Å². The monoisotopic (exact) mass is 364 g/mol. The van der Waals surface area contributed by atoms with Crippen molar-refractivity contribution in [3.8, 4) is 0 Å². The molecule has 1 aliphatic heterocycles. The smallest absolute Gasteiger partial charge is 0.244 e. The molecule has 4 nitrogen and oxygen atoms in total. The highest BCUT2D eigenvalue weighted by Gasteiger charge is 2.32. The Morgan fingerprint density at radius 3 is 2.70 bits per heavy atom. The van der Waals surface area contributed by atoms with Gasteiger partial charge in [0.15, 0.2) is 0 Å². The second kappa shape index (κ2) is 6.09. The maximum atomic E-state index is 13.1. The van der Waals surface area contributed by atoms with E-state index < -0.39 is 15.8 Å². The summed E-state index contributed by atoms with van der Waals surface area (Å²) < 4.78 is 40.1. The largest absolute Gasteiger partial charge is 0.305 e. The average Bonchev–Trinajstić information content (AvgIpc) is 2.38. The van der Waals surface area contributed by atoms with Crippen LogP contribution in [0, 0.1) is 5.82 Å². The minimum atomic E-state index is -3.58. The number of benzene rings is 1. The van der Waals surface area contributed by atoms with Gasteiger partial charge in [0.2, 0.25) is 10.0 Å². The molecule has 1 atom stereocenters. The summed E-state index contributed by atoms with van der Waals surface area (Å²) in [7, 11) is 0.323. The van der Waals surface area contributed by atoms with Gasteiger partial charge >= 0.3 is 0 Å². The number of halogens is 2. The first-order valence-corrected chi connectivity index (χ1v) is 8.67. The average molecular weight is 365 g/mol. The number of rotatable bonds is 3. The zero-order valence-electron chi connectivity index (χ0n) is 11.5. The summed E-state index contributed by atoms with van der Waals surface area (Å²) in [4.78, 5) is 2.17. The predicted molar refractivity (Wildman–Crippen MR) is 79.6 cm³/mol. The molecular weight excluding hydrogens is 347 g/mol. The third-order valence-electron chi connectivity index (χ3n) is 3.60. The molecule has 0 aliphatic carbocycles. The number of piperidine rings is 1. The van der Waals surface area contributed by atoms with E-state index in [0.29, 0.717) is 13.1 Å². The molecule has 0 amide bonds. The minimum absolute atomic E-state index is 0.123. The van der Waals surface area contributed by atoms with E-state index in [1.165, 1.54) is 22.5 Å². The second-order valence-electron chi connectivity index (χ2n) is 5.20. The third-order valence-corrected chi connectivity index (χ3v) is 6.44. The Bertz CT molecular complexity index is 592. The van der Waals surface area contributed by atoms with Gasteiger partial charge in [0.1, 0.15) is 5.82 Å². The quantitative estimate of drug-likeness (QED) is 0.826. The molecule has 2 rings (SSSR count). The summed E-state index contributed by atoms with van der Waals surface area (Å²) in [6, 6.07) is 3.89. The van der Waals surface area contributed by atoms with Crippen LogP contribution in [0.3, 0.4) is 0 Å². The molecule has 0 spiro atoms. The molecule has 1 unspecified atom stereocenters. The molecule has 7 heteroatoms. The van der Waals surface area contributed by atoms with Gasteiger partial charge in [-0.1, -0.05) is 0 Å². The number of likely N-dealkylation sites (N-methyl/N-ethyl adjacent to an activating group) is 1. The fraction of sp³-hybridized carbons (Fsp3) is 0.538. The van der Waals surface area contributed by atoms with Gasteiger partial charge in [0.25, 0.3) is 0 Å². The van der Waals surface area contributed by atoms with E-state index in [0.717, 1.165) is 12.8 Å². The van der Waals surface area contributed by atoms with Crippen LogP contribution < -0.4 is 0 Å². The maximum Gasteiger partial charge on any atom is 0.244 e. The van der Waals surface area contributed by atoms with Crippen LogP contribution in [0.1, 0.15) is 12.8 Å². The summed E-state index contributed by atoms with van der Waals surface area (Å²) in [5, 5.41) is 0. The highest BCUT2D eigenvalue weighted by atomic mass is 79.9. The minimum Gasteiger partial charge on any atom is -0.305 e. The van der Waals surface area contributed by atoms with Crippen molar-refractivity contribution in [1.29, 1.82) is 0 Å². The molecule has 1 fully saturated rings. The lowest BCUT2D eigenvalue weighted by atomic mass is 10.1. The SMILES string of the molecule is CN(C)C1CCCN(S(=O)(=O)c2ccc(F)cc2Br)C1. The van der Waals surface area contributed by atoms with Crippen LogP contribution in [0.2, 0.25) is 0 Å². The topological polar surface area (TPSA) is 40.6 Å². The lowest BCUT2D eigenvalue weighted by Crippen LogP contribution is -2.47. The van der Waals surface area contributed by atoms with Crippen molar-refractivity contribution in [1.82, 2.24) is 9.21 Å². The predicted octanol–water partition coefficient (Wildman–Crippen LogP) is 2.30. The Balaban J connectivity index is 2.30. The summed E-state index contributed by atoms with van der Waals surface area (Å²) in [5.74, 6) is -0.458. The van der Waals surface area contributed by atoms with E-state index in [1.54, 1.807) is 0 Å². The molecule has 1 aromatic carbocycles. The highest BCUT2D eigenvalue weighted by Crippen LogP contribution is 2.28. The van der Waals surface area contributed by atoms with Gasteiger partial charge in [-0.2, -0.15) is 4.31 Å². The molecule has 1 aliphatic rings. The first-order valence-electron chi connectivity index (χ1n) is 6.44. The summed E-state index contributed by atoms with van der Waals surface area (Å²) in [6.45, 7) is 0.982. The Kier molecular flexibility index (Phi) is 4.84. The van der Waals surface area contributed by atoms with Crippen LogP contribution in [-0.4, -0.2) is 50.8 Å². The Morgan fingerprint density at radius 2 is 2.10 bits per heavy atom. The molecule has 20 heavy (non-hydrogen) atoms. The first-order chi connectivity index (χ1) is 9.32. The normalized spacial score (nSPS) is 21.4. The van der Waals surface area contributed by atoms with Crippen LogP contribution in [0.15, 0.2) is 27.6 Å². The molecule has 0 N–H and O–H groups in total. The van der Waals surface area contributed by atoms with Gasteiger partial charge in [-0.05, 0) is 61.1 Å². The van der Waals surface area contributed by atoms with Gasteiger partial charge in [0, 0.05) is 23.6 Å². The van der Waals surface area contributed by atoms with Gasteiger partial charge in [-0.3, -0.25) is 0 Å². The summed E-state index contributed by atoms with van der Waals surface area (Å²) in [6.07, 6.45) is 1.82. The second-order valence-corrected chi connectivity index (χ2v) is 7.96. The standard InChI is InChI=1S/C13H18BrFN2O2S/c1-16(2)11-4-3-7-17(9-11)20(18,19)13-6-5-10(15)8-12(13)14/h5-6,8,11H,3-4,7,9H2,1-2H3. The van der Waals surface area contributed by atoms with Gasteiger partial charge in [-0.25, -0.2) is 12.8 Å². The van der Waals surface area contributed by atoms with Gasteiger partial charge < -0.3 is 4.90 Å². The van der Waals surface area contributed by atoms with Crippen molar-refractivity contribution >= 4 is 26.0 Å². The van der Waals surface area contributed by atoms with Gasteiger partial charge in [0.05, 0.1) is 4.90 Å². The van der Waals surface area contributed by atoms with Crippen LogP contribution in [-0.2, 0) is 10.0 Å². The fourth-order valence-corrected chi connectivity index (χ4v) is 4.91.